The molecule has 2 aliphatic rings. The zero-order valence-electron chi connectivity index (χ0n) is 12.8. The highest BCUT2D eigenvalue weighted by molar-refractivity contribution is 7.88. The molecule has 1 aliphatic heterocycles. The monoisotopic (exact) mass is 317 g/mol. The molecule has 1 saturated heterocycles. The second kappa shape index (κ2) is 7.07. The zero-order chi connectivity index (χ0) is 15.5. The molecule has 1 unspecified atom stereocenters. The second-order valence-electron chi connectivity index (χ2n) is 6.41. The SMILES string of the molecule is CS(=O)(=O)NCC1CCCCN1C(=O)C1CCC(N)CC1. The number of nitrogens with two attached hydrogens (primary N) is 1. The lowest BCUT2D eigenvalue weighted by molar-refractivity contribution is -0.140. The molecule has 0 spiro atoms. The molecule has 7 heteroatoms. The predicted molar refractivity (Wildman–Crippen MR) is 82.1 cm³/mol. The van der Waals surface area contributed by atoms with E-state index in [-0.39, 0.29) is 23.9 Å². The molecular weight excluding hydrogens is 290 g/mol. The molecule has 0 aromatic heterocycles. The Balaban J connectivity index is 1.95. The molecule has 122 valence electrons. The van der Waals surface area contributed by atoms with Crippen LogP contribution in [0.15, 0.2) is 0 Å². The number of hydrogen-bond acceptors (Lipinski definition) is 4. The van der Waals surface area contributed by atoms with Crippen LogP contribution in [0, 0.1) is 5.92 Å². The lowest BCUT2D eigenvalue weighted by Gasteiger charge is -2.39. The first-order chi connectivity index (χ1) is 9.87. The zero-order valence-corrected chi connectivity index (χ0v) is 13.6. The van der Waals surface area contributed by atoms with Crippen molar-refractivity contribution in [2.24, 2.45) is 11.7 Å². The van der Waals surface area contributed by atoms with Gasteiger partial charge in [-0.3, -0.25) is 4.79 Å². The number of likely N-dealkylation sites (tertiary alicyclic amines) is 1. The Hall–Kier alpha value is -0.660. The van der Waals surface area contributed by atoms with Crippen LogP contribution in [-0.4, -0.2) is 50.7 Å². The normalized spacial score (nSPS) is 31.1. The van der Waals surface area contributed by atoms with Crippen molar-refractivity contribution in [2.45, 2.75) is 57.0 Å². The van der Waals surface area contributed by atoms with Crippen molar-refractivity contribution in [2.75, 3.05) is 19.3 Å². The number of sulfonamides is 1. The lowest BCUT2D eigenvalue weighted by atomic mass is 9.84. The number of carbonyl (C=O) groups excluding carboxylic acids is 1. The first-order valence-corrected chi connectivity index (χ1v) is 9.76. The molecule has 1 atom stereocenters. The third kappa shape index (κ3) is 4.93. The fourth-order valence-corrected chi connectivity index (χ4v) is 3.85. The second-order valence-corrected chi connectivity index (χ2v) is 8.25. The van der Waals surface area contributed by atoms with Crippen molar-refractivity contribution < 1.29 is 13.2 Å². The summed E-state index contributed by atoms with van der Waals surface area (Å²) >= 11 is 0. The number of amides is 1. The maximum absolute atomic E-state index is 12.7. The van der Waals surface area contributed by atoms with E-state index in [4.69, 9.17) is 5.73 Å². The molecule has 0 aromatic carbocycles. The third-order valence-electron chi connectivity index (χ3n) is 4.61. The summed E-state index contributed by atoms with van der Waals surface area (Å²) in [5, 5.41) is 0. The van der Waals surface area contributed by atoms with Crippen molar-refractivity contribution in [3.63, 3.8) is 0 Å². The van der Waals surface area contributed by atoms with E-state index in [9.17, 15) is 13.2 Å². The maximum Gasteiger partial charge on any atom is 0.225 e. The minimum atomic E-state index is -3.21. The van der Waals surface area contributed by atoms with Crippen molar-refractivity contribution >= 4 is 15.9 Å². The number of rotatable bonds is 4. The topological polar surface area (TPSA) is 92.5 Å². The van der Waals surface area contributed by atoms with E-state index in [0.717, 1.165) is 57.7 Å². The van der Waals surface area contributed by atoms with Gasteiger partial charge in [-0.05, 0) is 44.9 Å². The highest BCUT2D eigenvalue weighted by Crippen LogP contribution is 2.28. The highest BCUT2D eigenvalue weighted by Gasteiger charge is 2.33. The maximum atomic E-state index is 12.7. The van der Waals surface area contributed by atoms with Gasteiger partial charge < -0.3 is 10.6 Å². The Morgan fingerprint density at radius 3 is 2.48 bits per heavy atom. The van der Waals surface area contributed by atoms with Gasteiger partial charge in [0.1, 0.15) is 0 Å². The third-order valence-corrected chi connectivity index (χ3v) is 5.30. The highest BCUT2D eigenvalue weighted by atomic mass is 32.2. The van der Waals surface area contributed by atoms with Crippen molar-refractivity contribution in [1.82, 2.24) is 9.62 Å². The molecule has 6 nitrogen and oxygen atoms in total. The summed E-state index contributed by atoms with van der Waals surface area (Å²) in [5.41, 5.74) is 5.90. The number of carbonyl (C=O) groups is 1. The summed E-state index contributed by atoms with van der Waals surface area (Å²) in [6.45, 7) is 1.08. The van der Waals surface area contributed by atoms with E-state index in [2.05, 4.69) is 4.72 Å². The number of piperidine rings is 1. The van der Waals surface area contributed by atoms with Crippen LogP contribution >= 0.6 is 0 Å². The van der Waals surface area contributed by atoms with Crippen LogP contribution < -0.4 is 10.5 Å². The number of nitrogens with zero attached hydrogens (tertiary/aromatic N) is 1. The Bertz CT molecular complexity index is 458. The molecule has 1 saturated carbocycles. The van der Waals surface area contributed by atoms with Crippen LogP contribution in [0.25, 0.3) is 0 Å². The van der Waals surface area contributed by atoms with Gasteiger partial charge in [0.2, 0.25) is 15.9 Å². The van der Waals surface area contributed by atoms with Gasteiger partial charge in [-0.1, -0.05) is 0 Å². The van der Waals surface area contributed by atoms with E-state index >= 15 is 0 Å². The molecule has 2 fully saturated rings. The lowest BCUT2D eigenvalue weighted by Crippen LogP contribution is -2.51. The first-order valence-electron chi connectivity index (χ1n) is 7.87. The van der Waals surface area contributed by atoms with Gasteiger partial charge in [-0.25, -0.2) is 13.1 Å². The molecule has 1 aliphatic carbocycles. The molecule has 0 bridgehead atoms. The van der Waals surface area contributed by atoms with Gasteiger partial charge in [0, 0.05) is 31.1 Å². The van der Waals surface area contributed by atoms with Crippen LogP contribution in [0.1, 0.15) is 44.9 Å². The Morgan fingerprint density at radius 2 is 1.86 bits per heavy atom. The first kappa shape index (κ1) is 16.7. The molecule has 0 radical (unpaired) electrons. The van der Waals surface area contributed by atoms with Crippen molar-refractivity contribution in [3.05, 3.63) is 0 Å². The number of hydrogen-bond donors (Lipinski definition) is 2. The Labute approximate surface area is 127 Å². The fourth-order valence-electron chi connectivity index (χ4n) is 3.35. The van der Waals surface area contributed by atoms with E-state index in [1.165, 1.54) is 0 Å². The van der Waals surface area contributed by atoms with Gasteiger partial charge in [-0.2, -0.15) is 0 Å². The summed E-state index contributed by atoms with van der Waals surface area (Å²) in [7, 11) is -3.21. The van der Waals surface area contributed by atoms with Crippen LogP contribution in [0.3, 0.4) is 0 Å². The van der Waals surface area contributed by atoms with Crippen LogP contribution in [0.5, 0.6) is 0 Å². The van der Waals surface area contributed by atoms with E-state index in [1.807, 2.05) is 4.90 Å². The summed E-state index contributed by atoms with van der Waals surface area (Å²) in [6, 6.07) is 0.231. The summed E-state index contributed by atoms with van der Waals surface area (Å²) in [6.07, 6.45) is 7.65. The Morgan fingerprint density at radius 1 is 1.19 bits per heavy atom. The minimum absolute atomic E-state index is 0.00317. The summed E-state index contributed by atoms with van der Waals surface area (Å²) < 4.78 is 25.1. The Kier molecular flexibility index (Phi) is 5.62. The van der Waals surface area contributed by atoms with E-state index in [0.29, 0.717) is 6.54 Å². The average Bonchev–Trinajstić information content (AvgIpc) is 2.45. The molecule has 0 aromatic rings. The minimum Gasteiger partial charge on any atom is -0.338 e. The summed E-state index contributed by atoms with van der Waals surface area (Å²) in [4.78, 5) is 14.6. The average molecular weight is 317 g/mol. The largest absolute Gasteiger partial charge is 0.338 e. The summed E-state index contributed by atoms with van der Waals surface area (Å²) in [5.74, 6) is 0.269. The predicted octanol–water partition coefficient (Wildman–Crippen LogP) is 0.434. The van der Waals surface area contributed by atoms with Crippen molar-refractivity contribution in [3.8, 4) is 0 Å². The van der Waals surface area contributed by atoms with Gasteiger partial charge >= 0.3 is 0 Å². The fraction of sp³-hybridized carbons (Fsp3) is 0.929. The van der Waals surface area contributed by atoms with Gasteiger partial charge in [0.25, 0.3) is 0 Å². The van der Waals surface area contributed by atoms with Gasteiger partial charge in [0.15, 0.2) is 0 Å². The van der Waals surface area contributed by atoms with Crippen molar-refractivity contribution in [1.29, 1.82) is 0 Å². The quantitative estimate of drug-likeness (QED) is 0.786. The van der Waals surface area contributed by atoms with E-state index < -0.39 is 10.0 Å². The smallest absolute Gasteiger partial charge is 0.225 e. The standard InChI is InChI=1S/C14H27N3O3S/c1-21(19,20)16-10-13-4-2-3-9-17(13)14(18)11-5-7-12(15)8-6-11/h11-13,16H,2-10,15H2,1H3. The van der Waals surface area contributed by atoms with E-state index in [1.54, 1.807) is 0 Å². The van der Waals surface area contributed by atoms with Gasteiger partial charge in [-0.15, -0.1) is 0 Å². The van der Waals surface area contributed by atoms with Crippen LogP contribution in [-0.2, 0) is 14.8 Å². The van der Waals surface area contributed by atoms with Crippen LogP contribution in [0.2, 0.25) is 0 Å². The number of nitrogens with one attached hydrogen (secondary N) is 1. The van der Waals surface area contributed by atoms with Crippen LogP contribution in [0.4, 0.5) is 0 Å². The molecule has 1 heterocycles. The molecule has 3 N–H and O–H groups in total. The molecule has 1 amide bonds. The van der Waals surface area contributed by atoms with Gasteiger partial charge in [0.05, 0.1) is 6.26 Å². The molecule has 21 heavy (non-hydrogen) atoms. The molecular formula is C14H27N3O3S. The molecule has 2 rings (SSSR count).